The summed E-state index contributed by atoms with van der Waals surface area (Å²) in [6.07, 6.45) is 0.762. The molecule has 3 rings (SSSR count). The lowest BCUT2D eigenvalue weighted by atomic mass is 9.99. The van der Waals surface area contributed by atoms with Crippen LogP contribution in [0.1, 0.15) is 41.2 Å². The SMILES string of the molecule is CC[C@H](C)[C@@H](NC(=O)c1cc2c(C)nn(Cc3ccccc3)c2s1)C(=O)OC. The number of ether oxygens (including phenoxy) is 1. The number of benzene rings is 1. The smallest absolute Gasteiger partial charge is 0.328 e. The Kier molecular flexibility index (Phi) is 6.14. The molecule has 2 atom stereocenters. The molecule has 1 amide bonds. The molecule has 3 aromatic rings. The summed E-state index contributed by atoms with van der Waals surface area (Å²) in [6.45, 7) is 6.49. The van der Waals surface area contributed by atoms with Crippen LogP contribution in [0.3, 0.4) is 0 Å². The highest BCUT2D eigenvalue weighted by Crippen LogP contribution is 2.29. The fourth-order valence-electron chi connectivity index (χ4n) is 3.10. The molecule has 2 heterocycles. The van der Waals surface area contributed by atoms with Gasteiger partial charge in [-0.15, -0.1) is 11.3 Å². The maximum Gasteiger partial charge on any atom is 0.328 e. The summed E-state index contributed by atoms with van der Waals surface area (Å²) in [7, 11) is 1.34. The molecule has 0 bridgehead atoms. The van der Waals surface area contributed by atoms with E-state index in [0.717, 1.165) is 27.9 Å². The van der Waals surface area contributed by atoms with Crippen molar-refractivity contribution >= 4 is 33.4 Å². The number of hydrogen-bond acceptors (Lipinski definition) is 5. The predicted octanol–water partition coefficient (Wildman–Crippen LogP) is 3.77. The monoisotopic (exact) mass is 399 g/mol. The standard InChI is InChI=1S/C21H25N3O3S/c1-5-13(2)18(21(26)27-4)22-19(25)17-11-16-14(3)23-24(20(16)28-17)12-15-9-7-6-8-10-15/h6-11,13,18H,5,12H2,1-4H3,(H,22,25)/t13-,18+/m0/s1. The zero-order valence-corrected chi connectivity index (χ0v) is 17.4. The molecule has 0 spiro atoms. The zero-order valence-electron chi connectivity index (χ0n) is 16.6. The third-order valence-corrected chi connectivity index (χ3v) is 6.11. The van der Waals surface area contributed by atoms with Crippen molar-refractivity contribution in [2.45, 2.75) is 39.8 Å². The van der Waals surface area contributed by atoms with E-state index in [1.165, 1.54) is 18.4 Å². The molecule has 0 aliphatic rings. The summed E-state index contributed by atoms with van der Waals surface area (Å²) >= 11 is 1.39. The molecule has 0 aliphatic carbocycles. The number of aryl methyl sites for hydroxylation is 1. The van der Waals surface area contributed by atoms with Crippen LogP contribution in [0.25, 0.3) is 10.2 Å². The van der Waals surface area contributed by atoms with Crippen molar-refractivity contribution in [3.63, 3.8) is 0 Å². The molecule has 148 valence electrons. The number of thiophene rings is 1. The maximum atomic E-state index is 12.8. The molecular weight excluding hydrogens is 374 g/mol. The molecule has 0 saturated carbocycles. The number of nitrogens with zero attached hydrogens (tertiary/aromatic N) is 2. The zero-order chi connectivity index (χ0) is 20.3. The second-order valence-corrected chi connectivity index (χ2v) is 7.95. The Morgan fingerprint density at radius 3 is 2.64 bits per heavy atom. The number of methoxy groups -OCH3 is 1. The molecule has 0 aliphatic heterocycles. The van der Waals surface area contributed by atoms with E-state index in [2.05, 4.69) is 22.5 Å². The minimum absolute atomic E-state index is 0.0129. The Hall–Kier alpha value is -2.67. The van der Waals surface area contributed by atoms with Gasteiger partial charge in [-0.2, -0.15) is 5.10 Å². The number of aromatic nitrogens is 2. The molecule has 2 aromatic heterocycles. The third-order valence-electron chi connectivity index (χ3n) is 4.96. The second-order valence-electron chi connectivity index (χ2n) is 6.92. The molecule has 0 saturated heterocycles. The highest BCUT2D eigenvalue weighted by molar-refractivity contribution is 7.20. The van der Waals surface area contributed by atoms with Crippen LogP contribution in [0, 0.1) is 12.8 Å². The molecule has 0 fully saturated rings. The van der Waals surface area contributed by atoms with Crippen LogP contribution in [0.2, 0.25) is 0 Å². The quantitative estimate of drug-likeness (QED) is 0.614. The summed E-state index contributed by atoms with van der Waals surface area (Å²) in [4.78, 5) is 26.4. The number of hydrogen-bond donors (Lipinski definition) is 1. The largest absolute Gasteiger partial charge is 0.467 e. The van der Waals surface area contributed by atoms with Gasteiger partial charge in [0.15, 0.2) is 0 Å². The van der Waals surface area contributed by atoms with E-state index in [0.29, 0.717) is 11.4 Å². The van der Waals surface area contributed by atoms with Gasteiger partial charge in [0.25, 0.3) is 5.91 Å². The van der Waals surface area contributed by atoms with Crippen molar-refractivity contribution < 1.29 is 14.3 Å². The molecule has 1 aromatic carbocycles. The molecule has 1 N–H and O–H groups in total. The number of esters is 1. The van der Waals surface area contributed by atoms with Crippen LogP contribution in [-0.4, -0.2) is 34.8 Å². The Bertz CT molecular complexity index is 978. The van der Waals surface area contributed by atoms with E-state index in [4.69, 9.17) is 4.74 Å². The Labute approximate surface area is 168 Å². The van der Waals surface area contributed by atoms with Crippen LogP contribution in [0.15, 0.2) is 36.4 Å². The molecule has 7 heteroatoms. The first kappa shape index (κ1) is 20.1. The van der Waals surface area contributed by atoms with Gasteiger partial charge in [0.2, 0.25) is 0 Å². The number of amides is 1. The average molecular weight is 400 g/mol. The third kappa shape index (κ3) is 4.09. The van der Waals surface area contributed by atoms with E-state index in [-0.39, 0.29) is 11.8 Å². The summed E-state index contributed by atoms with van der Waals surface area (Å²) in [5.41, 5.74) is 2.03. The first-order valence-electron chi connectivity index (χ1n) is 9.34. The fraction of sp³-hybridized carbons (Fsp3) is 0.381. The van der Waals surface area contributed by atoms with E-state index in [9.17, 15) is 9.59 Å². The van der Waals surface area contributed by atoms with Gasteiger partial charge < -0.3 is 10.1 Å². The van der Waals surface area contributed by atoms with Crippen molar-refractivity contribution in [2.24, 2.45) is 5.92 Å². The topological polar surface area (TPSA) is 73.2 Å². The lowest BCUT2D eigenvalue weighted by molar-refractivity contribution is -0.144. The highest BCUT2D eigenvalue weighted by atomic mass is 32.1. The van der Waals surface area contributed by atoms with Gasteiger partial charge >= 0.3 is 5.97 Å². The van der Waals surface area contributed by atoms with Gasteiger partial charge in [-0.25, -0.2) is 4.79 Å². The van der Waals surface area contributed by atoms with Crippen molar-refractivity contribution in [3.05, 3.63) is 52.5 Å². The van der Waals surface area contributed by atoms with Crippen LogP contribution in [0.4, 0.5) is 0 Å². The number of carbonyl (C=O) groups is 2. The van der Waals surface area contributed by atoms with Crippen LogP contribution < -0.4 is 5.32 Å². The van der Waals surface area contributed by atoms with Crippen LogP contribution >= 0.6 is 11.3 Å². The molecule has 0 radical (unpaired) electrons. The number of carbonyl (C=O) groups excluding carboxylic acids is 2. The van der Waals surface area contributed by atoms with E-state index in [1.807, 2.05) is 49.7 Å². The summed E-state index contributed by atoms with van der Waals surface area (Å²) in [5, 5.41) is 8.41. The summed E-state index contributed by atoms with van der Waals surface area (Å²) < 4.78 is 6.78. The van der Waals surface area contributed by atoms with Crippen molar-refractivity contribution in [1.82, 2.24) is 15.1 Å². The van der Waals surface area contributed by atoms with Crippen molar-refractivity contribution in [1.29, 1.82) is 0 Å². The first-order valence-corrected chi connectivity index (χ1v) is 10.2. The summed E-state index contributed by atoms with van der Waals surface area (Å²) in [5.74, 6) is -0.695. The minimum Gasteiger partial charge on any atom is -0.467 e. The minimum atomic E-state index is -0.658. The molecule has 28 heavy (non-hydrogen) atoms. The number of nitrogens with one attached hydrogen (secondary N) is 1. The fourth-order valence-corrected chi connectivity index (χ4v) is 4.16. The molecule has 6 nitrogen and oxygen atoms in total. The second kappa shape index (κ2) is 8.56. The average Bonchev–Trinajstić information content (AvgIpc) is 3.27. The Balaban J connectivity index is 1.86. The number of rotatable bonds is 7. The predicted molar refractivity (Wildman–Crippen MR) is 111 cm³/mol. The van der Waals surface area contributed by atoms with E-state index >= 15 is 0 Å². The van der Waals surface area contributed by atoms with Gasteiger partial charge in [0, 0.05) is 5.39 Å². The lowest BCUT2D eigenvalue weighted by Crippen LogP contribution is -2.45. The summed E-state index contributed by atoms with van der Waals surface area (Å²) in [6, 6.07) is 11.3. The van der Waals surface area contributed by atoms with Crippen LogP contribution in [-0.2, 0) is 16.1 Å². The van der Waals surface area contributed by atoms with Crippen molar-refractivity contribution in [2.75, 3.05) is 7.11 Å². The van der Waals surface area contributed by atoms with Gasteiger partial charge in [-0.1, -0.05) is 50.6 Å². The van der Waals surface area contributed by atoms with E-state index < -0.39 is 12.0 Å². The maximum absolute atomic E-state index is 12.8. The van der Waals surface area contributed by atoms with Gasteiger partial charge in [0.1, 0.15) is 10.9 Å². The normalized spacial score (nSPS) is 13.3. The van der Waals surface area contributed by atoms with Crippen molar-refractivity contribution in [3.8, 4) is 0 Å². The molecule has 0 unspecified atom stereocenters. The number of fused-ring (bicyclic) bond motifs is 1. The van der Waals surface area contributed by atoms with Crippen LogP contribution in [0.5, 0.6) is 0 Å². The lowest BCUT2D eigenvalue weighted by Gasteiger charge is -2.21. The van der Waals surface area contributed by atoms with Gasteiger partial charge in [0.05, 0.1) is 24.2 Å². The Morgan fingerprint density at radius 1 is 1.29 bits per heavy atom. The first-order chi connectivity index (χ1) is 13.4. The van der Waals surface area contributed by atoms with E-state index in [1.54, 1.807) is 0 Å². The Morgan fingerprint density at radius 2 is 2.00 bits per heavy atom. The molecular formula is C21H25N3O3S. The highest BCUT2D eigenvalue weighted by Gasteiger charge is 2.28. The van der Waals surface area contributed by atoms with Gasteiger partial charge in [-0.3, -0.25) is 9.48 Å². The van der Waals surface area contributed by atoms with Gasteiger partial charge in [-0.05, 0) is 24.5 Å².